The number of aliphatic imine (C=N–C) groups is 1. The van der Waals surface area contributed by atoms with Crippen molar-refractivity contribution < 1.29 is 14.3 Å². The highest BCUT2D eigenvalue weighted by Crippen LogP contribution is 2.32. The molecular formula is C24H14ClN5O3S. The van der Waals surface area contributed by atoms with Gasteiger partial charge in [0.1, 0.15) is 10.8 Å². The number of rotatable bonds is 4. The second-order valence-electron chi connectivity index (χ2n) is 7.11. The normalized spacial score (nSPS) is 16.3. The number of hydrogen-bond donors (Lipinski definition) is 1. The van der Waals surface area contributed by atoms with Crippen LogP contribution in [0.3, 0.4) is 0 Å². The zero-order valence-electron chi connectivity index (χ0n) is 17.3. The smallest absolute Gasteiger partial charge is 0.343 e. The summed E-state index contributed by atoms with van der Waals surface area (Å²) in [7, 11) is 0. The fraction of sp³-hybridized carbons (Fsp3) is 0. The molecule has 0 aliphatic carbocycles. The monoisotopic (exact) mass is 487 g/mol. The highest BCUT2D eigenvalue weighted by molar-refractivity contribution is 8.27. The molecule has 2 aliphatic heterocycles. The Morgan fingerprint density at radius 3 is 2.68 bits per heavy atom. The van der Waals surface area contributed by atoms with Crippen molar-refractivity contribution in [3.05, 3.63) is 100 Å². The Morgan fingerprint density at radius 2 is 1.94 bits per heavy atom. The van der Waals surface area contributed by atoms with E-state index in [1.807, 2.05) is 6.07 Å². The van der Waals surface area contributed by atoms with Crippen molar-refractivity contribution in [3.63, 3.8) is 0 Å². The first-order chi connectivity index (χ1) is 16.5. The molecule has 0 saturated heterocycles. The molecular weight excluding hydrogens is 474 g/mol. The fourth-order valence-corrected chi connectivity index (χ4v) is 4.30. The molecule has 0 unspecified atom stereocenters. The molecule has 2 aromatic carbocycles. The number of nitrogens with zero attached hydrogens (tertiary/aromatic N) is 4. The summed E-state index contributed by atoms with van der Waals surface area (Å²) in [4.78, 5) is 33.1. The van der Waals surface area contributed by atoms with Crippen LogP contribution in [0.1, 0.15) is 21.5 Å². The summed E-state index contributed by atoms with van der Waals surface area (Å²) >= 11 is 7.51. The van der Waals surface area contributed by atoms with Gasteiger partial charge in [0.15, 0.2) is 5.84 Å². The molecule has 1 amide bonds. The first-order valence-corrected chi connectivity index (χ1v) is 11.2. The van der Waals surface area contributed by atoms with Crippen LogP contribution in [0.2, 0.25) is 5.02 Å². The molecule has 1 aromatic heterocycles. The number of esters is 1. The zero-order valence-corrected chi connectivity index (χ0v) is 18.9. The summed E-state index contributed by atoms with van der Waals surface area (Å²) in [6.45, 7) is 0. The summed E-state index contributed by atoms with van der Waals surface area (Å²) in [5.74, 6) is -1.00. The van der Waals surface area contributed by atoms with E-state index >= 15 is 0 Å². The molecule has 0 fully saturated rings. The molecule has 3 aromatic rings. The molecule has 0 spiro atoms. The standard InChI is InChI=1S/C24H14ClN5O3S/c25-18-12-14(8-9-19(18)33-23(32)15-5-2-1-3-6-15)11-17-20(26)30-24(28-21(17)31)34-22(29-30)16-7-4-10-27-13-16/h1-13,26H. The molecule has 10 heteroatoms. The Hall–Kier alpha value is -4.08. The van der Waals surface area contributed by atoms with Crippen LogP contribution in [0.5, 0.6) is 5.75 Å². The summed E-state index contributed by atoms with van der Waals surface area (Å²) in [5, 5.41) is 15.3. The first kappa shape index (κ1) is 21.7. The molecule has 3 heterocycles. The van der Waals surface area contributed by atoms with Gasteiger partial charge in [-0.3, -0.25) is 15.2 Å². The van der Waals surface area contributed by atoms with E-state index in [1.165, 1.54) is 28.9 Å². The van der Waals surface area contributed by atoms with Crippen molar-refractivity contribution >= 4 is 57.4 Å². The predicted molar refractivity (Wildman–Crippen MR) is 131 cm³/mol. The number of benzene rings is 2. The second kappa shape index (κ2) is 9.05. The van der Waals surface area contributed by atoms with Gasteiger partial charge in [-0.2, -0.15) is 15.1 Å². The molecule has 166 valence electrons. The van der Waals surface area contributed by atoms with E-state index < -0.39 is 11.9 Å². The highest BCUT2D eigenvalue weighted by Gasteiger charge is 2.36. The summed E-state index contributed by atoms with van der Waals surface area (Å²) in [5.41, 5.74) is 1.77. The number of halogens is 1. The fourth-order valence-electron chi connectivity index (χ4n) is 3.19. The number of amides is 1. The lowest BCUT2D eigenvalue weighted by Gasteiger charge is -2.20. The third-order valence-corrected chi connectivity index (χ3v) is 6.09. The van der Waals surface area contributed by atoms with Crippen molar-refractivity contribution in [1.82, 2.24) is 9.99 Å². The zero-order chi connectivity index (χ0) is 23.7. The van der Waals surface area contributed by atoms with Gasteiger partial charge < -0.3 is 4.74 Å². The van der Waals surface area contributed by atoms with Gasteiger partial charge in [0.25, 0.3) is 5.91 Å². The lowest BCUT2D eigenvalue weighted by molar-refractivity contribution is -0.114. The van der Waals surface area contributed by atoms with Gasteiger partial charge in [0.05, 0.1) is 16.2 Å². The number of hydrazone groups is 1. The Morgan fingerprint density at radius 1 is 1.12 bits per heavy atom. The van der Waals surface area contributed by atoms with Crippen molar-refractivity contribution in [3.8, 4) is 5.75 Å². The average molecular weight is 488 g/mol. The molecule has 2 aliphatic rings. The van der Waals surface area contributed by atoms with Gasteiger partial charge in [-0.15, -0.1) is 0 Å². The molecule has 0 atom stereocenters. The maximum atomic E-state index is 12.6. The largest absolute Gasteiger partial charge is 0.421 e. The average Bonchev–Trinajstić information content (AvgIpc) is 3.28. The number of carbonyl (C=O) groups excluding carboxylic acids is 2. The van der Waals surface area contributed by atoms with Crippen LogP contribution in [-0.2, 0) is 4.79 Å². The lowest BCUT2D eigenvalue weighted by atomic mass is 10.1. The number of fused-ring (bicyclic) bond motifs is 1. The minimum absolute atomic E-state index is 0.0608. The number of ether oxygens (including phenoxy) is 1. The molecule has 0 radical (unpaired) electrons. The van der Waals surface area contributed by atoms with Crippen LogP contribution in [0.15, 0.2) is 88.7 Å². The third kappa shape index (κ3) is 4.26. The van der Waals surface area contributed by atoms with Crippen molar-refractivity contribution in [2.24, 2.45) is 10.1 Å². The molecule has 1 N–H and O–H groups in total. The van der Waals surface area contributed by atoms with E-state index in [0.717, 1.165) is 5.56 Å². The van der Waals surface area contributed by atoms with Gasteiger partial charge in [-0.1, -0.05) is 35.9 Å². The third-order valence-electron chi connectivity index (χ3n) is 4.84. The minimum atomic E-state index is -0.554. The van der Waals surface area contributed by atoms with Crippen molar-refractivity contribution in [1.29, 1.82) is 5.41 Å². The highest BCUT2D eigenvalue weighted by atomic mass is 35.5. The number of amidine groups is 2. The topological polar surface area (TPSA) is 108 Å². The van der Waals surface area contributed by atoms with Crippen molar-refractivity contribution in [2.45, 2.75) is 0 Å². The summed E-state index contributed by atoms with van der Waals surface area (Å²) in [6.07, 6.45) is 4.81. The van der Waals surface area contributed by atoms with Gasteiger partial charge in [0.2, 0.25) is 5.17 Å². The van der Waals surface area contributed by atoms with E-state index in [2.05, 4.69) is 15.1 Å². The molecule has 8 nitrogen and oxygen atoms in total. The quantitative estimate of drug-likeness (QED) is 0.327. The Bertz CT molecular complexity index is 1420. The summed E-state index contributed by atoms with van der Waals surface area (Å²) < 4.78 is 5.37. The Kier molecular flexibility index (Phi) is 5.79. The van der Waals surface area contributed by atoms with Crippen LogP contribution >= 0.6 is 23.4 Å². The van der Waals surface area contributed by atoms with Crippen LogP contribution in [0.25, 0.3) is 6.08 Å². The lowest BCUT2D eigenvalue weighted by Crippen LogP contribution is -2.35. The number of pyridine rings is 1. The summed E-state index contributed by atoms with van der Waals surface area (Å²) in [6, 6.07) is 16.9. The predicted octanol–water partition coefficient (Wildman–Crippen LogP) is 4.62. The molecule has 5 rings (SSSR count). The Labute approximate surface area is 203 Å². The van der Waals surface area contributed by atoms with E-state index in [4.69, 9.17) is 21.7 Å². The number of thioether (sulfide) groups is 1. The van der Waals surface area contributed by atoms with E-state index in [-0.39, 0.29) is 22.2 Å². The number of hydrogen-bond acceptors (Lipinski definition) is 7. The van der Waals surface area contributed by atoms with Crippen LogP contribution in [-0.4, -0.2) is 37.9 Å². The SMILES string of the molecule is N=C1C(=Cc2ccc(OC(=O)c3ccccc3)c(Cl)c2)C(=O)N=C2SC(c3cccnc3)=NN12. The van der Waals surface area contributed by atoms with Crippen LogP contribution < -0.4 is 4.74 Å². The number of carbonyl (C=O) groups is 2. The van der Waals surface area contributed by atoms with Crippen LogP contribution in [0, 0.1) is 5.41 Å². The van der Waals surface area contributed by atoms with E-state index in [1.54, 1.807) is 60.9 Å². The van der Waals surface area contributed by atoms with E-state index in [0.29, 0.717) is 21.3 Å². The number of aromatic nitrogens is 1. The maximum absolute atomic E-state index is 12.6. The molecule has 34 heavy (non-hydrogen) atoms. The minimum Gasteiger partial charge on any atom is -0.421 e. The maximum Gasteiger partial charge on any atom is 0.343 e. The Balaban J connectivity index is 1.38. The van der Waals surface area contributed by atoms with Gasteiger partial charge in [-0.25, -0.2) is 4.79 Å². The van der Waals surface area contributed by atoms with Gasteiger partial charge >= 0.3 is 5.97 Å². The molecule has 0 bridgehead atoms. The van der Waals surface area contributed by atoms with E-state index in [9.17, 15) is 9.59 Å². The van der Waals surface area contributed by atoms with Gasteiger partial charge in [-0.05, 0) is 59.8 Å². The van der Waals surface area contributed by atoms with Gasteiger partial charge in [0, 0.05) is 18.0 Å². The second-order valence-corrected chi connectivity index (χ2v) is 8.48. The van der Waals surface area contributed by atoms with Crippen molar-refractivity contribution in [2.75, 3.05) is 0 Å². The van der Waals surface area contributed by atoms with Crippen LogP contribution in [0.4, 0.5) is 0 Å². The number of nitrogens with one attached hydrogen (secondary N) is 1. The molecule has 0 saturated carbocycles. The first-order valence-electron chi connectivity index (χ1n) is 9.97.